The summed E-state index contributed by atoms with van der Waals surface area (Å²) in [4.78, 5) is 1.40. The fraction of sp³-hybridized carbons (Fsp3) is 0.333. The minimum absolute atomic E-state index is 0.293. The van der Waals surface area contributed by atoms with E-state index in [9.17, 15) is 0 Å². The van der Waals surface area contributed by atoms with E-state index in [0.29, 0.717) is 12.0 Å². The predicted molar refractivity (Wildman–Crippen MR) is 95.6 cm³/mol. The summed E-state index contributed by atoms with van der Waals surface area (Å²) in [6, 6.07) is 13.9. The molecule has 0 aliphatic heterocycles. The normalized spacial score (nSPS) is 13.1. The van der Waals surface area contributed by atoms with E-state index >= 15 is 0 Å². The third-order valence-corrected chi connectivity index (χ3v) is 5.82. The molecular formula is C18H21NS2. The van der Waals surface area contributed by atoms with Gasteiger partial charge < -0.3 is 5.32 Å². The van der Waals surface area contributed by atoms with Crippen molar-refractivity contribution < 1.29 is 0 Å². The molecule has 3 heteroatoms. The lowest BCUT2D eigenvalue weighted by Gasteiger charge is -2.16. The van der Waals surface area contributed by atoms with Crippen molar-refractivity contribution in [1.29, 1.82) is 0 Å². The summed E-state index contributed by atoms with van der Waals surface area (Å²) in [5.74, 6) is 0.695. The van der Waals surface area contributed by atoms with Gasteiger partial charge in [0.2, 0.25) is 0 Å². The summed E-state index contributed by atoms with van der Waals surface area (Å²) in [6.45, 7) is 4.55. The first-order valence-electron chi connectivity index (χ1n) is 7.40. The van der Waals surface area contributed by atoms with E-state index in [0.717, 1.165) is 6.42 Å². The lowest BCUT2D eigenvalue weighted by Crippen LogP contribution is -2.16. The number of thiophene rings is 2. The number of fused-ring (bicyclic) bond motifs is 1. The number of rotatable bonds is 5. The topological polar surface area (TPSA) is 12.0 Å². The van der Waals surface area contributed by atoms with Gasteiger partial charge in [0.25, 0.3) is 0 Å². The van der Waals surface area contributed by atoms with Crippen molar-refractivity contribution in [2.45, 2.75) is 26.3 Å². The molecule has 0 radical (unpaired) electrons. The number of benzene rings is 1. The van der Waals surface area contributed by atoms with Gasteiger partial charge in [-0.05, 0) is 48.0 Å². The molecule has 3 aromatic rings. The summed E-state index contributed by atoms with van der Waals surface area (Å²) in [5, 5.41) is 5.65. The maximum Gasteiger partial charge on any atom is 0.0669 e. The Labute approximate surface area is 134 Å². The standard InChI is InChI=1S/C18H21NS2/c1-12(2)9-13-5-4-6-14(10-13)18(19-3)17-11-16-15(21-17)7-8-20-16/h4-8,10-12,18-19H,9H2,1-3H3. The average molecular weight is 316 g/mol. The number of nitrogens with one attached hydrogen (secondary N) is 1. The first-order valence-corrected chi connectivity index (χ1v) is 9.10. The fourth-order valence-corrected chi connectivity index (χ4v) is 5.03. The van der Waals surface area contributed by atoms with E-state index in [2.05, 4.69) is 60.9 Å². The van der Waals surface area contributed by atoms with Crippen LogP contribution < -0.4 is 5.32 Å². The van der Waals surface area contributed by atoms with E-state index in [1.165, 1.54) is 25.4 Å². The molecule has 2 heterocycles. The zero-order chi connectivity index (χ0) is 14.8. The first-order chi connectivity index (χ1) is 10.2. The Bertz CT molecular complexity index is 695. The molecule has 1 atom stereocenters. The van der Waals surface area contributed by atoms with Crippen LogP contribution >= 0.6 is 22.7 Å². The fourth-order valence-electron chi connectivity index (χ4n) is 2.77. The van der Waals surface area contributed by atoms with Crippen molar-refractivity contribution >= 4 is 32.1 Å². The Morgan fingerprint density at radius 3 is 2.67 bits per heavy atom. The lowest BCUT2D eigenvalue weighted by molar-refractivity contribution is 0.644. The van der Waals surface area contributed by atoms with Crippen molar-refractivity contribution in [1.82, 2.24) is 5.32 Å². The summed E-state index contributed by atoms with van der Waals surface area (Å²) < 4.78 is 2.79. The second-order valence-corrected chi connectivity index (χ2v) is 7.93. The van der Waals surface area contributed by atoms with Gasteiger partial charge in [-0.1, -0.05) is 38.1 Å². The highest BCUT2D eigenvalue weighted by Gasteiger charge is 2.16. The summed E-state index contributed by atoms with van der Waals surface area (Å²) in [5.41, 5.74) is 2.80. The quantitative estimate of drug-likeness (QED) is 0.658. The minimum Gasteiger partial charge on any atom is -0.309 e. The van der Waals surface area contributed by atoms with Crippen molar-refractivity contribution in [3.63, 3.8) is 0 Å². The van der Waals surface area contributed by atoms with Crippen LogP contribution in [0.3, 0.4) is 0 Å². The third kappa shape index (κ3) is 3.20. The molecular weight excluding hydrogens is 294 g/mol. The van der Waals surface area contributed by atoms with Crippen molar-refractivity contribution in [2.24, 2.45) is 5.92 Å². The zero-order valence-corrected chi connectivity index (χ0v) is 14.4. The van der Waals surface area contributed by atoms with E-state index in [-0.39, 0.29) is 0 Å². The predicted octanol–water partition coefficient (Wildman–Crippen LogP) is 5.47. The van der Waals surface area contributed by atoms with E-state index in [1.807, 2.05) is 29.7 Å². The summed E-state index contributed by atoms with van der Waals surface area (Å²) in [7, 11) is 2.05. The van der Waals surface area contributed by atoms with E-state index < -0.39 is 0 Å². The second-order valence-electron chi connectivity index (χ2n) is 5.86. The highest BCUT2D eigenvalue weighted by Crippen LogP contribution is 2.35. The molecule has 2 aromatic heterocycles. The van der Waals surface area contributed by atoms with Crippen LogP contribution in [0.1, 0.15) is 35.9 Å². The second kappa shape index (κ2) is 6.30. The summed E-state index contributed by atoms with van der Waals surface area (Å²) >= 11 is 3.72. The van der Waals surface area contributed by atoms with Gasteiger partial charge in [-0.2, -0.15) is 0 Å². The Morgan fingerprint density at radius 1 is 1.10 bits per heavy atom. The molecule has 0 saturated heterocycles. The minimum atomic E-state index is 0.293. The van der Waals surface area contributed by atoms with Gasteiger partial charge in [0.1, 0.15) is 0 Å². The molecule has 0 bridgehead atoms. The van der Waals surface area contributed by atoms with Crippen LogP contribution in [0.2, 0.25) is 0 Å². The molecule has 0 aliphatic rings. The average Bonchev–Trinajstić information content (AvgIpc) is 3.00. The van der Waals surface area contributed by atoms with Gasteiger partial charge in [0.15, 0.2) is 0 Å². The highest BCUT2D eigenvalue weighted by molar-refractivity contribution is 7.27. The molecule has 1 N–H and O–H groups in total. The lowest BCUT2D eigenvalue weighted by atomic mass is 9.97. The molecule has 0 fully saturated rings. The molecule has 0 aliphatic carbocycles. The van der Waals surface area contributed by atoms with E-state index in [4.69, 9.17) is 0 Å². The molecule has 1 unspecified atom stereocenters. The van der Waals surface area contributed by atoms with Gasteiger partial charge >= 0.3 is 0 Å². The van der Waals surface area contributed by atoms with E-state index in [1.54, 1.807) is 0 Å². The Kier molecular flexibility index (Phi) is 4.43. The Balaban J connectivity index is 1.93. The SMILES string of the molecule is CNC(c1cccc(CC(C)C)c1)c1cc2sccc2s1. The van der Waals surface area contributed by atoms with Gasteiger partial charge in [0.05, 0.1) is 6.04 Å². The highest BCUT2D eigenvalue weighted by atomic mass is 32.1. The van der Waals surface area contributed by atoms with Gasteiger partial charge in [0, 0.05) is 14.3 Å². The van der Waals surface area contributed by atoms with Crippen molar-refractivity contribution in [3.8, 4) is 0 Å². The molecule has 0 saturated carbocycles. The van der Waals surface area contributed by atoms with Gasteiger partial charge in [-0.25, -0.2) is 0 Å². The first kappa shape index (κ1) is 14.8. The van der Waals surface area contributed by atoms with Crippen LogP contribution in [0.4, 0.5) is 0 Å². The number of hydrogen-bond acceptors (Lipinski definition) is 3. The molecule has 110 valence electrons. The van der Waals surface area contributed by atoms with Crippen LogP contribution in [0, 0.1) is 5.92 Å². The summed E-state index contributed by atoms with van der Waals surface area (Å²) in [6.07, 6.45) is 1.14. The Hall–Kier alpha value is -1.16. The molecule has 3 rings (SSSR count). The maximum absolute atomic E-state index is 3.48. The van der Waals surface area contributed by atoms with Crippen molar-refractivity contribution in [3.05, 3.63) is 57.8 Å². The van der Waals surface area contributed by atoms with Crippen molar-refractivity contribution in [2.75, 3.05) is 7.05 Å². The van der Waals surface area contributed by atoms with Crippen LogP contribution in [-0.4, -0.2) is 7.05 Å². The van der Waals surface area contributed by atoms with Crippen LogP contribution in [-0.2, 0) is 6.42 Å². The molecule has 1 aromatic carbocycles. The number of hydrogen-bond donors (Lipinski definition) is 1. The molecule has 0 spiro atoms. The van der Waals surface area contributed by atoms with Crippen LogP contribution in [0.25, 0.3) is 9.40 Å². The zero-order valence-electron chi connectivity index (χ0n) is 12.7. The largest absolute Gasteiger partial charge is 0.309 e. The van der Waals surface area contributed by atoms with Crippen LogP contribution in [0.15, 0.2) is 41.8 Å². The smallest absolute Gasteiger partial charge is 0.0669 e. The molecule has 0 amide bonds. The van der Waals surface area contributed by atoms with Gasteiger partial charge in [-0.15, -0.1) is 22.7 Å². The Morgan fingerprint density at radius 2 is 1.95 bits per heavy atom. The molecule has 1 nitrogen and oxygen atoms in total. The van der Waals surface area contributed by atoms with Gasteiger partial charge in [-0.3, -0.25) is 0 Å². The maximum atomic E-state index is 3.48. The van der Waals surface area contributed by atoms with Crippen LogP contribution in [0.5, 0.6) is 0 Å². The third-order valence-electron chi connectivity index (χ3n) is 3.66. The molecule has 21 heavy (non-hydrogen) atoms. The monoisotopic (exact) mass is 315 g/mol.